The van der Waals surface area contributed by atoms with Gasteiger partial charge in [0.15, 0.2) is 17.3 Å². The summed E-state index contributed by atoms with van der Waals surface area (Å²) in [7, 11) is 1.35. The number of fused-ring (bicyclic) bond motifs is 1. The Hall–Kier alpha value is -3.55. The van der Waals surface area contributed by atoms with Crippen LogP contribution in [0.2, 0.25) is 0 Å². The zero-order valence-electron chi connectivity index (χ0n) is 17.7. The van der Waals surface area contributed by atoms with Crippen LogP contribution in [0.1, 0.15) is 0 Å². The van der Waals surface area contributed by atoms with Crippen molar-refractivity contribution in [2.45, 2.75) is 30.7 Å². The Morgan fingerprint density at radius 1 is 0.971 bits per heavy atom. The molecule has 7 N–H and O–H groups in total. The number of hydrogen-bond acceptors (Lipinski definition) is 12. The van der Waals surface area contributed by atoms with Crippen molar-refractivity contribution in [2.24, 2.45) is 0 Å². The van der Waals surface area contributed by atoms with Gasteiger partial charge >= 0.3 is 0 Å². The van der Waals surface area contributed by atoms with Gasteiger partial charge in [0.2, 0.25) is 17.5 Å². The molecule has 34 heavy (non-hydrogen) atoms. The second-order valence-corrected chi connectivity index (χ2v) is 7.63. The van der Waals surface area contributed by atoms with Gasteiger partial charge in [-0.2, -0.15) is 0 Å². The van der Waals surface area contributed by atoms with Gasteiger partial charge in [0.25, 0.3) is 0 Å². The minimum Gasteiger partial charge on any atom is -0.507 e. The van der Waals surface area contributed by atoms with E-state index in [1.807, 2.05) is 0 Å². The first-order chi connectivity index (χ1) is 16.2. The Bertz CT molecular complexity index is 1270. The zero-order chi connectivity index (χ0) is 24.7. The van der Waals surface area contributed by atoms with Crippen molar-refractivity contribution in [2.75, 3.05) is 13.7 Å². The molecule has 12 nitrogen and oxygen atoms in total. The van der Waals surface area contributed by atoms with Gasteiger partial charge in [-0.1, -0.05) is 0 Å². The van der Waals surface area contributed by atoms with Crippen LogP contribution < -0.4 is 14.9 Å². The molecule has 0 saturated carbocycles. The maximum absolute atomic E-state index is 12.7. The van der Waals surface area contributed by atoms with Crippen LogP contribution in [0.5, 0.6) is 28.7 Å². The summed E-state index contributed by atoms with van der Waals surface area (Å²) in [6.07, 6.45) is -7.75. The van der Waals surface area contributed by atoms with E-state index in [4.69, 9.17) is 18.6 Å². The number of methoxy groups -OCH3 is 1. The first kappa shape index (κ1) is 23.6. The fourth-order valence-corrected chi connectivity index (χ4v) is 3.66. The molecule has 0 bridgehead atoms. The number of phenolic OH excluding ortho intramolecular Hbond substituents is 2. The quantitative estimate of drug-likeness (QED) is 0.254. The van der Waals surface area contributed by atoms with E-state index in [9.17, 15) is 40.5 Å². The zero-order valence-corrected chi connectivity index (χ0v) is 17.7. The van der Waals surface area contributed by atoms with Gasteiger partial charge in [-0.15, -0.1) is 0 Å². The lowest BCUT2D eigenvalue weighted by Crippen LogP contribution is -2.60. The van der Waals surface area contributed by atoms with Crippen molar-refractivity contribution in [3.63, 3.8) is 0 Å². The molecule has 1 aliphatic rings. The molecule has 3 aromatic rings. The van der Waals surface area contributed by atoms with Crippen LogP contribution in [0, 0.1) is 0 Å². The first-order valence-electron chi connectivity index (χ1n) is 10.0. The summed E-state index contributed by atoms with van der Waals surface area (Å²) in [5.41, 5.74) is -1.04. The van der Waals surface area contributed by atoms with Crippen LogP contribution in [0.25, 0.3) is 22.3 Å². The van der Waals surface area contributed by atoms with Gasteiger partial charge in [0, 0.05) is 17.7 Å². The van der Waals surface area contributed by atoms with E-state index in [0.717, 1.165) is 6.07 Å². The molecule has 1 saturated heterocycles. The minimum absolute atomic E-state index is 0.134. The Balaban J connectivity index is 1.76. The fraction of sp³-hybridized carbons (Fsp3) is 0.318. The highest BCUT2D eigenvalue weighted by Crippen LogP contribution is 2.38. The normalized spacial score (nSPS) is 24.8. The van der Waals surface area contributed by atoms with Gasteiger partial charge in [-0.05, 0) is 18.2 Å². The molecule has 1 fully saturated rings. The SMILES string of the molecule is COc1ccc(-c2oc3cc(OC4OC(CO)C(O)C(O)C4O)cc(O)c3c(=O)c2O)cc1O. The lowest BCUT2D eigenvalue weighted by Gasteiger charge is -2.39. The summed E-state index contributed by atoms with van der Waals surface area (Å²) in [6, 6.07) is 6.20. The Morgan fingerprint density at radius 3 is 2.35 bits per heavy atom. The average Bonchev–Trinajstić information content (AvgIpc) is 2.81. The van der Waals surface area contributed by atoms with E-state index in [-0.39, 0.29) is 39.5 Å². The Morgan fingerprint density at radius 2 is 1.71 bits per heavy atom. The second kappa shape index (κ2) is 9.00. The summed E-state index contributed by atoms with van der Waals surface area (Å²) in [4.78, 5) is 12.7. The van der Waals surface area contributed by atoms with Gasteiger partial charge in [0.1, 0.15) is 46.9 Å². The van der Waals surface area contributed by atoms with Crippen LogP contribution in [0.3, 0.4) is 0 Å². The Labute approximate surface area is 191 Å². The van der Waals surface area contributed by atoms with E-state index in [1.165, 1.54) is 31.4 Å². The lowest BCUT2D eigenvalue weighted by atomic mass is 9.99. The number of hydrogen-bond donors (Lipinski definition) is 7. The van der Waals surface area contributed by atoms with Crippen molar-refractivity contribution in [1.82, 2.24) is 0 Å². The molecule has 182 valence electrons. The third kappa shape index (κ3) is 3.97. The van der Waals surface area contributed by atoms with Crippen LogP contribution >= 0.6 is 0 Å². The van der Waals surface area contributed by atoms with Gasteiger partial charge in [-0.3, -0.25) is 4.79 Å². The first-order valence-corrected chi connectivity index (χ1v) is 10.0. The average molecular weight is 478 g/mol. The number of benzene rings is 2. The topological polar surface area (TPSA) is 200 Å². The van der Waals surface area contributed by atoms with E-state index in [0.29, 0.717) is 0 Å². The molecule has 5 atom stereocenters. The third-order valence-corrected chi connectivity index (χ3v) is 5.47. The second-order valence-electron chi connectivity index (χ2n) is 7.63. The van der Waals surface area contributed by atoms with E-state index < -0.39 is 54.2 Å². The van der Waals surface area contributed by atoms with Gasteiger partial charge in [0.05, 0.1) is 13.7 Å². The number of rotatable bonds is 5. The number of aliphatic hydroxyl groups excluding tert-OH is 4. The summed E-state index contributed by atoms with van der Waals surface area (Å²) in [6.45, 7) is -0.667. The number of phenols is 2. The lowest BCUT2D eigenvalue weighted by molar-refractivity contribution is -0.277. The maximum atomic E-state index is 12.7. The molecule has 0 radical (unpaired) electrons. The molecule has 2 heterocycles. The molecular weight excluding hydrogens is 456 g/mol. The molecule has 5 unspecified atom stereocenters. The van der Waals surface area contributed by atoms with Crippen molar-refractivity contribution >= 4 is 11.0 Å². The number of aromatic hydroxyl groups is 3. The molecule has 1 aromatic heterocycles. The van der Waals surface area contributed by atoms with Crippen molar-refractivity contribution in [3.05, 3.63) is 40.6 Å². The van der Waals surface area contributed by atoms with E-state index in [1.54, 1.807) is 0 Å². The standard InChI is InChI=1S/C22H22O12/c1-31-12-3-2-8(4-10(12)24)21-19(29)17(27)15-11(25)5-9(6-13(15)33-21)32-22-20(30)18(28)16(26)14(7-23)34-22/h2-6,14,16,18,20,22-26,28-30H,7H2,1H3. The predicted octanol–water partition coefficient (Wildman–Crippen LogP) is -0.236. The number of ether oxygens (including phenoxy) is 3. The summed E-state index contributed by atoms with van der Waals surface area (Å²) >= 11 is 0. The highest BCUT2D eigenvalue weighted by Gasteiger charge is 2.44. The van der Waals surface area contributed by atoms with E-state index >= 15 is 0 Å². The van der Waals surface area contributed by atoms with Crippen molar-refractivity contribution in [3.8, 4) is 40.1 Å². The summed E-state index contributed by atoms with van der Waals surface area (Å²) in [5.74, 6) is -2.02. The van der Waals surface area contributed by atoms with Gasteiger partial charge in [-0.25, -0.2) is 0 Å². The van der Waals surface area contributed by atoms with Crippen molar-refractivity contribution < 1.29 is 54.4 Å². The molecule has 12 heteroatoms. The molecule has 1 aliphatic heterocycles. The summed E-state index contributed by atoms with van der Waals surface area (Å²) < 4.78 is 21.3. The highest BCUT2D eigenvalue weighted by molar-refractivity contribution is 5.88. The molecular formula is C22H22O12. The fourth-order valence-electron chi connectivity index (χ4n) is 3.66. The monoisotopic (exact) mass is 478 g/mol. The molecule has 0 spiro atoms. The van der Waals surface area contributed by atoms with Crippen LogP contribution in [-0.4, -0.2) is 80.2 Å². The molecule has 2 aromatic carbocycles. The van der Waals surface area contributed by atoms with Crippen molar-refractivity contribution in [1.29, 1.82) is 0 Å². The summed E-state index contributed by atoms with van der Waals surface area (Å²) in [5, 5.41) is 69.7. The highest BCUT2D eigenvalue weighted by atomic mass is 16.7. The Kier molecular flexibility index (Phi) is 6.25. The molecule has 0 amide bonds. The van der Waals surface area contributed by atoms with Crippen LogP contribution in [-0.2, 0) is 4.74 Å². The molecule has 0 aliphatic carbocycles. The van der Waals surface area contributed by atoms with Crippen LogP contribution in [0.15, 0.2) is 39.5 Å². The molecule has 4 rings (SSSR count). The smallest absolute Gasteiger partial charge is 0.238 e. The maximum Gasteiger partial charge on any atom is 0.238 e. The van der Waals surface area contributed by atoms with Gasteiger partial charge < -0.3 is 54.4 Å². The third-order valence-electron chi connectivity index (χ3n) is 5.47. The largest absolute Gasteiger partial charge is 0.507 e. The van der Waals surface area contributed by atoms with Crippen LogP contribution in [0.4, 0.5) is 0 Å². The van der Waals surface area contributed by atoms with E-state index in [2.05, 4.69) is 0 Å². The number of aliphatic hydroxyl groups is 4. The predicted molar refractivity (Wildman–Crippen MR) is 114 cm³/mol. The minimum atomic E-state index is -1.71.